The number of oxazole rings is 1. The van der Waals surface area contributed by atoms with Crippen LogP contribution in [0.3, 0.4) is 0 Å². The van der Waals surface area contributed by atoms with Gasteiger partial charge in [0.15, 0.2) is 5.69 Å². The molecule has 122 valence electrons. The van der Waals surface area contributed by atoms with Crippen molar-refractivity contribution in [2.24, 2.45) is 0 Å². The molecule has 0 fully saturated rings. The molecule has 24 heavy (non-hydrogen) atoms. The van der Waals surface area contributed by atoms with Gasteiger partial charge in [0, 0.05) is 12.1 Å². The van der Waals surface area contributed by atoms with Gasteiger partial charge in [0.05, 0.1) is 0 Å². The van der Waals surface area contributed by atoms with Gasteiger partial charge in [-0.3, -0.25) is 4.79 Å². The van der Waals surface area contributed by atoms with Crippen LogP contribution in [0.4, 0.5) is 0 Å². The average molecular weight is 320 g/mol. The fourth-order valence-corrected chi connectivity index (χ4v) is 2.48. The van der Waals surface area contributed by atoms with Crippen molar-refractivity contribution in [3.8, 4) is 11.5 Å². The Hall–Kier alpha value is -2.88. The number of hydrogen-bond acceptors (Lipinski definition) is 3. The normalized spacial score (nSPS) is 10.6. The molecule has 0 spiro atoms. The second kappa shape index (κ2) is 7.13. The van der Waals surface area contributed by atoms with Crippen molar-refractivity contribution in [3.63, 3.8) is 0 Å². The molecule has 0 aliphatic rings. The van der Waals surface area contributed by atoms with E-state index in [0.717, 1.165) is 17.5 Å². The van der Waals surface area contributed by atoms with Gasteiger partial charge in [0.2, 0.25) is 5.89 Å². The number of nitrogens with zero attached hydrogens (tertiary/aromatic N) is 1. The minimum absolute atomic E-state index is 0.225. The number of carbonyl (C=O) groups excluding carboxylic acids is 1. The van der Waals surface area contributed by atoms with E-state index in [9.17, 15) is 4.79 Å². The van der Waals surface area contributed by atoms with Gasteiger partial charge in [-0.05, 0) is 36.6 Å². The molecular formula is C20H20N2O2. The standard InChI is InChI=1S/C20H20N2O2/c1-3-15-9-11-17(12-10-15)20-22-18(14(2)24-20)19(23)21-13-16-7-5-4-6-8-16/h4-12H,3,13H2,1-2H3,(H,21,23). The van der Waals surface area contributed by atoms with Crippen LogP contribution in [0.5, 0.6) is 0 Å². The highest BCUT2D eigenvalue weighted by Crippen LogP contribution is 2.22. The largest absolute Gasteiger partial charge is 0.441 e. The summed E-state index contributed by atoms with van der Waals surface area (Å²) in [5, 5.41) is 2.88. The van der Waals surface area contributed by atoms with Gasteiger partial charge in [-0.2, -0.15) is 0 Å². The van der Waals surface area contributed by atoms with E-state index in [1.165, 1.54) is 5.56 Å². The van der Waals surface area contributed by atoms with E-state index in [1.807, 2.05) is 54.6 Å². The highest BCUT2D eigenvalue weighted by Gasteiger charge is 2.17. The Morgan fingerprint density at radius 3 is 2.42 bits per heavy atom. The minimum atomic E-state index is -0.225. The van der Waals surface area contributed by atoms with E-state index in [4.69, 9.17) is 4.42 Å². The molecule has 3 rings (SSSR count). The van der Waals surface area contributed by atoms with Crippen molar-refractivity contribution in [3.05, 3.63) is 77.2 Å². The SMILES string of the molecule is CCc1ccc(-c2nc(C(=O)NCc3ccccc3)c(C)o2)cc1. The molecule has 0 aliphatic heterocycles. The van der Waals surface area contributed by atoms with Crippen LogP contribution in [0.2, 0.25) is 0 Å². The lowest BCUT2D eigenvalue weighted by Crippen LogP contribution is -2.23. The number of amides is 1. The van der Waals surface area contributed by atoms with Gasteiger partial charge in [0.1, 0.15) is 5.76 Å². The van der Waals surface area contributed by atoms with Crippen LogP contribution in [-0.4, -0.2) is 10.9 Å². The highest BCUT2D eigenvalue weighted by atomic mass is 16.4. The van der Waals surface area contributed by atoms with Crippen LogP contribution in [0.1, 0.15) is 34.3 Å². The molecule has 4 heteroatoms. The lowest BCUT2D eigenvalue weighted by molar-refractivity contribution is 0.0945. The third-order valence-corrected chi connectivity index (χ3v) is 3.92. The third kappa shape index (κ3) is 3.54. The molecule has 4 nitrogen and oxygen atoms in total. The first kappa shape index (κ1) is 16.0. The Morgan fingerprint density at radius 2 is 1.75 bits per heavy atom. The minimum Gasteiger partial charge on any atom is -0.441 e. The van der Waals surface area contributed by atoms with Crippen molar-refractivity contribution >= 4 is 5.91 Å². The highest BCUT2D eigenvalue weighted by molar-refractivity contribution is 5.93. The van der Waals surface area contributed by atoms with E-state index < -0.39 is 0 Å². The van der Waals surface area contributed by atoms with E-state index in [0.29, 0.717) is 23.9 Å². The van der Waals surface area contributed by atoms with E-state index >= 15 is 0 Å². The molecule has 1 aromatic heterocycles. The summed E-state index contributed by atoms with van der Waals surface area (Å²) in [6.45, 7) is 4.33. The summed E-state index contributed by atoms with van der Waals surface area (Å²) in [5.74, 6) is 0.770. The summed E-state index contributed by atoms with van der Waals surface area (Å²) >= 11 is 0. The molecule has 0 bridgehead atoms. The van der Waals surface area contributed by atoms with Crippen LogP contribution in [0.25, 0.3) is 11.5 Å². The molecule has 0 radical (unpaired) electrons. The van der Waals surface area contributed by atoms with Gasteiger partial charge in [-0.25, -0.2) is 4.98 Å². The van der Waals surface area contributed by atoms with Crippen LogP contribution < -0.4 is 5.32 Å². The quantitative estimate of drug-likeness (QED) is 0.768. The predicted octanol–water partition coefficient (Wildman–Crippen LogP) is 4.14. The van der Waals surface area contributed by atoms with Crippen LogP contribution >= 0.6 is 0 Å². The maximum atomic E-state index is 12.4. The molecule has 0 atom stereocenters. The van der Waals surface area contributed by atoms with Crippen LogP contribution in [0, 0.1) is 6.92 Å². The van der Waals surface area contributed by atoms with Gasteiger partial charge < -0.3 is 9.73 Å². The third-order valence-electron chi connectivity index (χ3n) is 3.92. The first-order chi connectivity index (χ1) is 11.7. The molecule has 1 amide bonds. The maximum Gasteiger partial charge on any atom is 0.273 e. The number of hydrogen-bond donors (Lipinski definition) is 1. The number of rotatable bonds is 5. The summed E-state index contributed by atoms with van der Waals surface area (Å²) in [7, 11) is 0. The monoisotopic (exact) mass is 320 g/mol. The zero-order chi connectivity index (χ0) is 16.9. The molecule has 3 aromatic rings. The van der Waals surface area contributed by atoms with E-state index in [2.05, 4.69) is 17.2 Å². The maximum absolute atomic E-state index is 12.4. The Kier molecular flexibility index (Phi) is 4.75. The second-order valence-electron chi connectivity index (χ2n) is 5.64. The number of aromatic nitrogens is 1. The van der Waals surface area contributed by atoms with E-state index in [1.54, 1.807) is 6.92 Å². The molecule has 1 N–H and O–H groups in total. The number of nitrogens with one attached hydrogen (secondary N) is 1. The molecular weight excluding hydrogens is 300 g/mol. The lowest BCUT2D eigenvalue weighted by Gasteiger charge is -2.03. The topological polar surface area (TPSA) is 55.1 Å². The lowest BCUT2D eigenvalue weighted by atomic mass is 10.1. The van der Waals surface area contributed by atoms with Crippen LogP contribution in [-0.2, 0) is 13.0 Å². The molecule has 1 heterocycles. The van der Waals surface area contributed by atoms with Gasteiger partial charge in [0.25, 0.3) is 5.91 Å². The van der Waals surface area contributed by atoms with Crippen molar-refractivity contribution in [2.45, 2.75) is 26.8 Å². The van der Waals surface area contributed by atoms with Crippen molar-refractivity contribution in [2.75, 3.05) is 0 Å². The fourth-order valence-electron chi connectivity index (χ4n) is 2.48. The smallest absolute Gasteiger partial charge is 0.273 e. The Bertz CT molecular complexity index is 821. The zero-order valence-electron chi connectivity index (χ0n) is 13.9. The molecule has 0 saturated heterocycles. The summed E-state index contributed by atoms with van der Waals surface area (Å²) < 4.78 is 5.68. The predicted molar refractivity (Wildman–Crippen MR) is 93.7 cm³/mol. The number of aryl methyl sites for hydroxylation is 2. The van der Waals surface area contributed by atoms with Crippen molar-refractivity contribution in [1.82, 2.24) is 10.3 Å². The summed E-state index contributed by atoms with van der Waals surface area (Å²) in [4.78, 5) is 16.7. The van der Waals surface area contributed by atoms with Gasteiger partial charge in [-0.1, -0.05) is 49.4 Å². The molecule has 0 aliphatic carbocycles. The van der Waals surface area contributed by atoms with Gasteiger partial charge in [-0.15, -0.1) is 0 Å². The van der Waals surface area contributed by atoms with Crippen molar-refractivity contribution < 1.29 is 9.21 Å². The summed E-state index contributed by atoms with van der Waals surface area (Å²) in [5.41, 5.74) is 3.50. The number of benzene rings is 2. The fraction of sp³-hybridized carbons (Fsp3) is 0.200. The van der Waals surface area contributed by atoms with Crippen molar-refractivity contribution in [1.29, 1.82) is 0 Å². The average Bonchev–Trinajstić information content (AvgIpc) is 3.02. The molecule has 0 saturated carbocycles. The summed E-state index contributed by atoms with van der Waals surface area (Å²) in [6.07, 6.45) is 0.984. The van der Waals surface area contributed by atoms with Crippen LogP contribution in [0.15, 0.2) is 59.0 Å². The zero-order valence-corrected chi connectivity index (χ0v) is 13.9. The molecule has 0 unspecified atom stereocenters. The molecule has 2 aromatic carbocycles. The first-order valence-electron chi connectivity index (χ1n) is 8.06. The number of carbonyl (C=O) groups is 1. The summed E-state index contributed by atoms with van der Waals surface area (Å²) in [6, 6.07) is 17.8. The Labute approximate surface area is 141 Å². The Morgan fingerprint density at radius 1 is 1.04 bits per heavy atom. The Balaban J connectivity index is 1.74. The van der Waals surface area contributed by atoms with Gasteiger partial charge >= 0.3 is 0 Å². The second-order valence-corrected chi connectivity index (χ2v) is 5.64. The first-order valence-corrected chi connectivity index (χ1v) is 8.06. The van der Waals surface area contributed by atoms with E-state index in [-0.39, 0.29) is 5.91 Å².